The van der Waals surface area contributed by atoms with Gasteiger partial charge in [0.15, 0.2) is 0 Å². The molecule has 6 rings (SSSR count). The van der Waals surface area contributed by atoms with Gasteiger partial charge in [0.05, 0.1) is 41.5 Å². The second kappa shape index (κ2) is 13.0. The fraction of sp³-hybridized carbons (Fsp3) is 0.242. The van der Waals surface area contributed by atoms with E-state index >= 15 is 0 Å². The normalized spacial score (nSPS) is 18.7. The molecule has 48 heavy (non-hydrogen) atoms. The largest absolute Gasteiger partial charge is 0.497 e. The standard InChI is InChI=1S/C33H26F3N3O7S2/c1-3-46-31(43)18-7-11-21(12-8-18)39-28(41)25-24(17-9-13-22(45-2)14-10-17)27-30(47-26(25)29(39)42)38(32(44)48-27)16-23(40)37-20-6-4-5-19(15-20)33(34,35)36/h4-15,24-26H,3,16H2,1-2H3,(H,37,40)/t24-,25+,26-/m0/s1. The van der Waals surface area contributed by atoms with Crippen LogP contribution in [0.1, 0.15) is 39.2 Å². The summed E-state index contributed by atoms with van der Waals surface area (Å²) in [6, 6.07) is 16.9. The number of anilines is 2. The number of ether oxygens (including phenoxy) is 2. The number of aromatic nitrogens is 1. The minimum absolute atomic E-state index is 0.100. The molecule has 248 valence electrons. The molecule has 4 aromatic rings. The van der Waals surface area contributed by atoms with Crippen molar-refractivity contribution in [3.05, 3.63) is 104 Å². The average molecular weight is 698 g/mol. The molecular formula is C33H26F3N3O7S2. The van der Waals surface area contributed by atoms with E-state index in [9.17, 15) is 37.1 Å². The number of alkyl halides is 3. The summed E-state index contributed by atoms with van der Waals surface area (Å²) in [5.74, 6) is -3.45. The first-order valence-corrected chi connectivity index (χ1v) is 16.3. The highest BCUT2D eigenvalue weighted by atomic mass is 32.2. The van der Waals surface area contributed by atoms with Gasteiger partial charge in [-0.15, -0.1) is 0 Å². The molecule has 15 heteroatoms. The fourth-order valence-electron chi connectivity index (χ4n) is 5.76. The van der Waals surface area contributed by atoms with Crippen LogP contribution < -0.4 is 19.8 Å². The zero-order valence-corrected chi connectivity index (χ0v) is 26.9. The second-order valence-electron chi connectivity index (χ2n) is 10.8. The molecule has 2 aliphatic rings. The van der Waals surface area contributed by atoms with Crippen LogP contribution in [0.25, 0.3) is 0 Å². The molecule has 1 saturated heterocycles. The van der Waals surface area contributed by atoms with Gasteiger partial charge in [-0.05, 0) is 67.1 Å². The Morgan fingerprint density at radius 2 is 1.67 bits per heavy atom. The third-order valence-electron chi connectivity index (χ3n) is 7.94. The van der Waals surface area contributed by atoms with Crippen molar-refractivity contribution in [2.24, 2.45) is 5.92 Å². The van der Waals surface area contributed by atoms with Crippen molar-refractivity contribution in [3.8, 4) is 5.75 Å². The van der Waals surface area contributed by atoms with Crippen molar-refractivity contribution >= 4 is 58.2 Å². The highest BCUT2D eigenvalue weighted by Gasteiger charge is 2.56. The number of thioether (sulfide) groups is 1. The summed E-state index contributed by atoms with van der Waals surface area (Å²) in [4.78, 5) is 67.7. The van der Waals surface area contributed by atoms with Crippen molar-refractivity contribution in [1.29, 1.82) is 0 Å². The SMILES string of the molecule is CCOC(=O)c1ccc(N2C(=O)[C@@H]3[C@H](c4ccc(OC)cc4)c4sc(=O)n(CC(=O)Nc5cccc(C(F)(F)F)c5)c4S[C@@H]3C2=O)cc1. The van der Waals surface area contributed by atoms with Crippen molar-refractivity contribution in [3.63, 3.8) is 0 Å². The molecular weight excluding hydrogens is 672 g/mol. The first-order chi connectivity index (χ1) is 22.9. The predicted octanol–water partition coefficient (Wildman–Crippen LogP) is 5.55. The molecule has 1 fully saturated rings. The fourth-order valence-corrected chi connectivity index (χ4v) is 8.53. The minimum Gasteiger partial charge on any atom is -0.497 e. The number of carbonyl (C=O) groups excluding carboxylic acids is 4. The first-order valence-electron chi connectivity index (χ1n) is 14.6. The van der Waals surface area contributed by atoms with E-state index in [0.717, 1.165) is 46.2 Å². The highest BCUT2D eigenvalue weighted by Crippen LogP contribution is 2.54. The lowest BCUT2D eigenvalue weighted by molar-refractivity contribution is -0.137. The Labute approximate surface area is 279 Å². The third kappa shape index (κ3) is 6.10. The van der Waals surface area contributed by atoms with Crippen LogP contribution in [0, 0.1) is 5.92 Å². The molecule has 10 nitrogen and oxygen atoms in total. The number of rotatable bonds is 8. The van der Waals surface area contributed by atoms with Crippen LogP contribution in [-0.4, -0.2) is 47.2 Å². The molecule has 0 radical (unpaired) electrons. The van der Waals surface area contributed by atoms with Gasteiger partial charge in [0.1, 0.15) is 17.5 Å². The Balaban J connectivity index is 1.35. The first kappa shape index (κ1) is 33.0. The van der Waals surface area contributed by atoms with Crippen LogP contribution in [0.4, 0.5) is 24.5 Å². The summed E-state index contributed by atoms with van der Waals surface area (Å²) in [6.07, 6.45) is -4.62. The lowest BCUT2D eigenvalue weighted by Crippen LogP contribution is -2.33. The average Bonchev–Trinajstić information content (AvgIpc) is 3.50. The number of halogens is 3. The van der Waals surface area contributed by atoms with Crippen LogP contribution >= 0.6 is 23.1 Å². The smallest absolute Gasteiger partial charge is 0.416 e. The maximum absolute atomic E-state index is 14.1. The van der Waals surface area contributed by atoms with E-state index in [1.54, 1.807) is 31.2 Å². The Morgan fingerprint density at radius 3 is 2.31 bits per heavy atom. The zero-order chi connectivity index (χ0) is 34.3. The van der Waals surface area contributed by atoms with Gasteiger partial charge in [-0.25, -0.2) is 9.69 Å². The lowest BCUT2D eigenvalue weighted by Gasteiger charge is -2.30. The summed E-state index contributed by atoms with van der Waals surface area (Å²) >= 11 is 1.83. The van der Waals surface area contributed by atoms with E-state index in [-0.39, 0.29) is 23.5 Å². The topological polar surface area (TPSA) is 124 Å². The highest BCUT2D eigenvalue weighted by molar-refractivity contribution is 8.00. The van der Waals surface area contributed by atoms with Crippen LogP contribution in [0.2, 0.25) is 0 Å². The number of imide groups is 1. The summed E-state index contributed by atoms with van der Waals surface area (Å²) in [6.45, 7) is 1.31. The molecule has 3 amide bonds. The number of nitrogens with zero attached hydrogens (tertiary/aromatic N) is 2. The van der Waals surface area contributed by atoms with Crippen LogP contribution in [-0.2, 0) is 31.8 Å². The van der Waals surface area contributed by atoms with Gasteiger partial charge >= 0.3 is 17.0 Å². The number of methoxy groups -OCH3 is 1. The van der Waals surface area contributed by atoms with E-state index in [0.29, 0.717) is 21.2 Å². The lowest BCUT2D eigenvalue weighted by atomic mass is 9.83. The molecule has 0 saturated carbocycles. The molecule has 0 bridgehead atoms. The second-order valence-corrected chi connectivity index (χ2v) is 13.0. The van der Waals surface area contributed by atoms with Gasteiger partial charge in [0.2, 0.25) is 17.7 Å². The summed E-state index contributed by atoms with van der Waals surface area (Å²) in [7, 11) is 1.50. The molecule has 2 aliphatic heterocycles. The van der Waals surface area contributed by atoms with Crippen molar-refractivity contribution in [2.45, 2.75) is 35.8 Å². The van der Waals surface area contributed by atoms with Crippen molar-refractivity contribution in [2.75, 3.05) is 23.9 Å². The monoisotopic (exact) mass is 697 g/mol. The van der Waals surface area contributed by atoms with Gasteiger partial charge in [0, 0.05) is 16.5 Å². The number of benzene rings is 3. The molecule has 3 atom stereocenters. The van der Waals surface area contributed by atoms with Crippen LogP contribution in [0.5, 0.6) is 5.75 Å². The van der Waals surface area contributed by atoms with Gasteiger partial charge in [-0.1, -0.05) is 41.3 Å². The number of carbonyl (C=O) groups is 4. The molecule has 3 heterocycles. The molecule has 0 unspecified atom stereocenters. The number of thiazole rings is 1. The Morgan fingerprint density at radius 1 is 0.958 bits per heavy atom. The predicted molar refractivity (Wildman–Crippen MR) is 172 cm³/mol. The van der Waals surface area contributed by atoms with E-state index in [1.165, 1.54) is 42.0 Å². The molecule has 0 spiro atoms. The number of nitrogens with one attached hydrogen (secondary N) is 1. The number of hydrogen-bond acceptors (Lipinski definition) is 9. The van der Waals surface area contributed by atoms with Gasteiger partial charge in [-0.2, -0.15) is 13.2 Å². The molecule has 1 N–H and O–H groups in total. The maximum atomic E-state index is 14.1. The van der Waals surface area contributed by atoms with Gasteiger partial charge < -0.3 is 14.8 Å². The summed E-state index contributed by atoms with van der Waals surface area (Å²) in [5, 5.41) is 1.75. The Kier molecular flexibility index (Phi) is 8.92. The number of esters is 1. The van der Waals surface area contributed by atoms with Gasteiger partial charge in [0.25, 0.3) is 0 Å². The zero-order valence-electron chi connectivity index (χ0n) is 25.3. The van der Waals surface area contributed by atoms with E-state index in [2.05, 4.69) is 5.32 Å². The van der Waals surface area contributed by atoms with Crippen LogP contribution in [0.15, 0.2) is 82.6 Å². The van der Waals surface area contributed by atoms with Crippen molar-refractivity contribution in [1.82, 2.24) is 4.57 Å². The van der Waals surface area contributed by atoms with Crippen molar-refractivity contribution < 1.29 is 41.8 Å². The number of amides is 3. The summed E-state index contributed by atoms with van der Waals surface area (Å²) in [5.41, 5.74) is 0.0885. The van der Waals surface area contributed by atoms with Crippen LogP contribution in [0.3, 0.4) is 0 Å². The summed E-state index contributed by atoms with van der Waals surface area (Å²) < 4.78 is 51.1. The third-order valence-corrected chi connectivity index (χ3v) is 10.5. The Hall–Kier alpha value is -4.89. The quantitative estimate of drug-likeness (QED) is 0.188. The van der Waals surface area contributed by atoms with E-state index in [4.69, 9.17) is 9.47 Å². The molecule has 1 aromatic heterocycles. The van der Waals surface area contributed by atoms with E-state index < -0.39 is 63.9 Å². The number of hydrogen-bond donors (Lipinski definition) is 1. The number of fused-ring (bicyclic) bond motifs is 2. The minimum atomic E-state index is -4.62. The molecule has 3 aromatic carbocycles. The molecule has 0 aliphatic carbocycles. The van der Waals surface area contributed by atoms with Gasteiger partial charge in [-0.3, -0.25) is 23.7 Å². The van der Waals surface area contributed by atoms with E-state index in [1.807, 2.05) is 0 Å². The maximum Gasteiger partial charge on any atom is 0.416 e. The Bertz CT molecular complexity index is 1970.